The number of carbonyl (C=O) groups excluding carboxylic acids is 2. The normalized spacial score (nSPS) is 17.6. The summed E-state index contributed by atoms with van der Waals surface area (Å²) in [7, 11) is 0. The average Bonchev–Trinajstić information content (AvgIpc) is 3.57. The van der Waals surface area contributed by atoms with Gasteiger partial charge in [-0.3, -0.25) is 24.6 Å². The van der Waals surface area contributed by atoms with Gasteiger partial charge in [0.1, 0.15) is 0 Å². The van der Waals surface area contributed by atoms with Gasteiger partial charge >= 0.3 is 0 Å². The first kappa shape index (κ1) is 28.4. The van der Waals surface area contributed by atoms with Crippen LogP contribution in [0.25, 0.3) is 21.8 Å². The van der Waals surface area contributed by atoms with E-state index in [1.54, 1.807) is 0 Å². The van der Waals surface area contributed by atoms with Crippen LogP contribution in [0.1, 0.15) is 69.8 Å². The summed E-state index contributed by atoms with van der Waals surface area (Å²) >= 11 is 1.49. The fourth-order valence-electron chi connectivity index (χ4n) is 5.87. The predicted octanol–water partition coefficient (Wildman–Crippen LogP) is 5.08. The summed E-state index contributed by atoms with van der Waals surface area (Å²) in [6.07, 6.45) is 9.67. The average molecular weight is 564 g/mol. The zero-order chi connectivity index (χ0) is 28.2. The van der Waals surface area contributed by atoms with E-state index in [9.17, 15) is 9.59 Å². The highest BCUT2D eigenvalue weighted by Crippen LogP contribution is 2.41. The van der Waals surface area contributed by atoms with Gasteiger partial charge in [0.05, 0.1) is 22.0 Å². The van der Waals surface area contributed by atoms with Crippen LogP contribution >= 0.6 is 11.3 Å². The molecule has 2 fully saturated rings. The van der Waals surface area contributed by atoms with Crippen molar-refractivity contribution in [2.75, 3.05) is 31.5 Å². The van der Waals surface area contributed by atoms with Crippen LogP contribution in [0.2, 0.25) is 0 Å². The molecule has 1 saturated carbocycles. The highest BCUT2D eigenvalue weighted by Gasteiger charge is 2.29. The van der Waals surface area contributed by atoms with Crippen molar-refractivity contribution in [3.8, 4) is 21.8 Å². The Hall–Kier alpha value is -3.11. The van der Waals surface area contributed by atoms with Crippen molar-refractivity contribution in [1.29, 1.82) is 0 Å². The predicted molar refractivity (Wildman–Crippen MR) is 159 cm³/mol. The molecule has 3 aromatic rings. The van der Waals surface area contributed by atoms with Crippen LogP contribution in [0.15, 0.2) is 18.3 Å². The first-order chi connectivity index (χ1) is 19.3. The van der Waals surface area contributed by atoms with Gasteiger partial charge in [0, 0.05) is 68.1 Å². The topological polar surface area (TPSA) is 107 Å². The Kier molecular flexibility index (Phi) is 8.95. The number of amides is 2. The molecular weight excluding hydrogens is 522 g/mol. The third-order valence-corrected chi connectivity index (χ3v) is 9.21. The number of H-pyrrole nitrogens is 1. The number of rotatable bonds is 4. The van der Waals surface area contributed by atoms with E-state index < -0.39 is 0 Å². The molecule has 9 nitrogen and oxygen atoms in total. The van der Waals surface area contributed by atoms with Gasteiger partial charge in [-0.1, -0.05) is 30.6 Å². The number of hydrogen-bond acceptors (Lipinski definition) is 7. The SMILES string of the molecule is CC(=O)Nc1nc2c(s1)-c1[nH]nc(-c3ccc(C)nc3)c1CC2.CC(C)N1CCN(C(=O)C2CCCCC2)CC1. The smallest absolute Gasteiger partial charge is 0.225 e. The van der Waals surface area contributed by atoms with E-state index in [0.29, 0.717) is 23.0 Å². The van der Waals surface area contributed by atoms with Gasteiger partial charge in [-0.25, -0.2) is 4.98 Å². The van der Waals surface area contributed by atoms with Crippen LogP contribution in [0.4, 0.5) is 5.13 Å². The van der Waals surface area contributed by atoms with E-state index in [4.69, 9.17) is 0 Å². The van der Waals surface area contributed by atoms with Gasteiger partial charge in [0.2, 0.25) is 11.8 Å². The summed E-state index contributed by atoms with van der Waals surface area (Å²) in [5.74, 6) is 0.676. The molecule has 2 aliphatic carbocycles. The zero-order valence-corrected chi connectivity index (χ0v) is 24.9. The number of thiazole rings is 1. The number of nitrogens with one attached hydrogen (secondary N) is 2. The number of aryl methyl sites for hydroxylation is 2. The number of aromatic amines is 1. The standard InChI is InChI=1S/C16H15N5OS.C14H26N2O/c1-8-3-4-10(7-17-8)13-11-5-6-12-15(14(11)21-20-13)23-16(19-12)18-9(2)22;1-12(2)15-8-10-16(11-9-15)14(17)13-6-4-3-5-7-13/h3-4,7H,5-6H2,1-2H3,(H,20,21)(H,18,19,22);12-13H,3-11H2,1-2H3. The highest BCUT2D eigenvalue weighted by molar-refractivity contribution is 7.19. The molecule has 0 unspecified atom stereocenters. The molecule has 214 valence electrons. The molecule has 10 heteroatoms. The van der Waals surface area contributed by atoms with E-state index >= 15 is 0 Å². The number of carbonyl (C=O) groups is 2. The minimum absolute atomic E-state index is 0.104. The van der Waals surface area contributed by atoms with Gasteiger partial charge in [0.25, 0.3) is 0 Å². The quantitative estimate of drug-likeness (QED) is 0.459. The third-order valence-electron chi connectivity index (χ3n) is 8.18. The third kappa shape index (κ3) is 6.44. The van der Waals surface area contributed by atoms with Gasteiger partial charge in [0.15, 0.2) is 5.13 Å². The Morgan fingerprint density at radius 2 is 1.82 bits per heavy atom. The van der Waals surface area contributed by atoms with E-state index in [1.807, 2.05) is 25.3 Å². The molecule has 2 amide bonds. The Labute approximate surface area is 240 Å². The Morgan fingerprint density at radius 3 is 2.48 bits per heavy atom. The van der Waals surface area contributed by atoms with E-state index in [2.05, 4.69) is 49.1 Å². The minimum atomic E-state index is -0.104. The lowest BCUT2D eigenvalue weighted by molar-refractivity contribution is -0.138. The number of pyridine rings is 1. The molecule has 0 atom stereocenters. The lowest BCUT2D eigenvalue weighted by atomic mass is 9.88. The summed E-state index contributed by atoms with van der Waals surface area (Å²) in [4.78, 5) is 38.1. The molecular formula is C30H41N7O2S. The Bertz CT molecular complexity index is 1320. The number of anilines is 1. The minimum Gasteiger partial charge on any atom is -0.340 e. The lowest BCUT2D eigenvalue weighted by Crippen LogP contribution is -2.52. The van der Waals surface area contributed by atoms with Gasteiger partial charge in [-0.2, -0.15) is 5.10 Å². The van der Waals surface area contributed by atoms with Crippen LogP contribution < -0.4 is 5.32 Å². The molecule has 2 N–H and O–H groups in total. The molecule has 3 aliphatic rings. The van der Waals surface area contributed by atoms with Gasteiger partial charge in [-0.05, 0) is 58.6 Å². The van der Waals surface area contributed by atoms with Crippen LogP contribution in [0, 0.1) is 12.8 Å². The number of hydrogen-bond donors (Lipinski definition) is 2. The molecule has 3 aromatic heterocycles. The molecule has 1 saturated heterocycles. The fraction of sp³-hybridized carbons (Fsp3) is 0.567. The second-order valence-corrected chi connectivity index (χ2v) is 12.4. The first-order valence-corrected chi connectivity index (χ1v) is 15.4. The molecule has 1 aliphatic heterocycles. The van der Waals surface area contributed by atoms with E-state index in [-0.39, 0.29) is 5.91 Å². The fourth-order valence-corrected chi connectivity index (χ4v) is 6.95. The van der Waals surface area contributed by atoms with Gasteiger partial charge in [-0.15, -0.1) is 0 Å². The lowest BCUT2D eigenvalue weighted by Gasteiger charge is -2.38. The monoisotopic (exact) mass is 563 g/mol. The summed E-state index contributed by atoms with van der Waals surface area (Å²) in [6, 6.07) is 4.65. The maximum Gasteiger partial charge on any atom is 0.225 e. The maximum atomic E-state index is 12.3. The van der Waals surface area contributed by atoms with Crippen molar-refractivity contribution in [2.24, 2.45) is 5.92 Å². The molecule has 0 radical (unpaired) electrons. The van der Waals surface area contributed by atoms with Crippen LogP contribution in [-0.4, -0.2) is 74.0 Å². The van der Waals surface area contributed by atoms with Crippen molar-refractivity contribution in [1.82, 2.24) is 30.0 Å². The van der Waals surface area contributed by atoms with Crippen LogP contribution in [-0.2, 0) is 22.4 Å². The Balaban J connectivity index is 0.000000170. The number of fused-ring (bicyclic) bond motifs is 3. The second-order valence-electron chi connectivity index (χ2n) is 11.4. The van der Waals surface area contributed by atoms with Crippen molar-refractivity contribution < 1.29 is 9.59 Å². The molecule has 0 aromatic carbocycles. The van der Waals surface area contributed by atoms with E-state index in [1.165, 1.54) is 43.1 Å². The van der Waals surface area contributed by atoms with E-state index in [0.717, 1.165) is 85.1 Å². The van der Waals surface area contributed by atoms with Gasteiger partial charge < -0.3 is 10.2 Å². The summed E-state index contributed by atoms with van der Waals surface area (Å²) < 4.78 is 0. The number of piperazine rings is 1. The maximum absolute atomic E-state index is 12.3. The molecule has 4 heterocycles. The van der Waals surface area contributed by atoms with Crippen molar-refractivity contribution >= 4 is 28.3 Å². The second kappa shape index (κ2) is 12.6. The number of nitrogens with zero attached hydrogens (tertiary/aromatic N) is 5. The van der Waals surface area contributed by atoms with Crippen molar-refractivity contribution in [2.45, 2.75) is 78.7 Å². The van der Waals surface area contributed by atoms with Crippen LogP contribution in [0.3, 0.4) is 0 Å². The highest BCUT2D eigenvalue weighted by atomic mass is 32.1. The zero-order valence-electron chi connectivity index (χ0n) is 24.1. The first-order valence-electron chi connectivity index (χ1n) is 14.6. The molecule has 0 spiro atoms. The summed E-state index contributed by atoms with van der Waals surface area (Å²) in [5, 5.41) is 11.0. The Morgan fingerprint density at radius 1 is 1.07 bits per heavy atom. The summed E-state index contributed by atoms with van der Waals surface area (Å²) in [6.45, 7) is 11.9. The molecule has 40 heavy (non-hydrogen) atoms. The molecule has 0 bridgehead atoms. The number of aromatic nitrogens is 4. The van der Waals surface area contributed by atoms with Crippen molar-refractivity contribution in [3.63, 3.8) is 0 Å². The van der Waals surface area contributed by atoms with Crippen LogP contribution in [0.5, 0.6) is 0 Å². The largest absolute Gasteiger partial charge is 0.340 e. The van der Waals surface area contributed by atoms with Crippen molar-refractivity contribution in [3.05, 3.63) is 35.3 Å². The molecule has 6 rings (SSSR count). The summed E-state index contributed by atoms with van der Waals surface area (Å²) in [5.41, 5.74) is 6.18.